The first-order chi connectivity index (χ1) is 14.1. The quantitative estimate of drug-likeness (QED) is 0.324. The number of aliphatic imine (C=N–C) groups is 2. The molecule has 2 nitrogen and oxygen atoms in total. The molecule has 0 amide bonds. The van der Waals surface area contributed by atoms with Crippen LogP contribution in [0.1, 0.15) is 44.0 Å². The monoisotopic (exact) mass is 378 g/mol. The number of rotatable bonds is 5. The number of hydrogen-bond donors (Lipinski definition) is 0. The van der Waals surface area contributed by atoms with Gasteiger partial charge in [-0.25, -0.2) is 0 Å². The SMILES string of the molecule is CC(C=NC(C)c1cccc2ccccc12)=NC(C)c1cccc2ccccc12. The van der Waals surface area contributed by atoms with Crippen molar-refractivity contribution in [3.05, 3.63) is 96.1 Å². The first-order valence-corrected chi connectivity index (χ1v) is 10.2. The van der Waals surface area contributed by atoms with Crippen LogP contribution in [0.2, 0.25) is 0 Å². The summed E-state index contributed by atoms with van der Waals surface area (Å²) in [6.45, 7) is 6.31. The smallest absolute Gasteiger partial charge is 0.0730 e. The minimum Gasteiger partial charge on any atom is -0.284 e. The number of nitrogens with zero attached hydrogens (tertiary/aromatic N) is 2. The van der Waals surface area contributed by atoms with Crippen molar-refractivity contribution in [1.29, 1.82) is 0 Å². The largest absolute Gasteiger partial charge is 0.284 e. The molecular weight excluding hydrogens is 352 g/mol. The lowest BCUT2D eigenvalue weighted by atomic mass is 10.00. The lowest BCUT2D eigenvalue weighted by molar-refractivity contribution is 0.824. The average molecular weight is 379 g/mol. The van der Waals surface area contributed by atoms with E-state index in [-0.39, 0.29) is 12.1 Å². The fourth-order valence-electron chi connectivity index (χ4n) is 3.94. The molecule has 0 aliphatic heterocycles. The molecular formula is C27H26N2. The van der Waals surface area contributed by atoms with Crippen molar-refractivity contribution in [2.24, 2.45) is 9.98 Å². The van der Waals surface area contributed by atoms with Gasteiger partial charge >= 0.3 is 0 Å². The molecule has 29 heavy (non-hydrogen) atoms. The van der Waals surface area contributed by atoms with Gasteiger partial charge in [0.2, 0.25) is 0 Å². The summed E-state index contributed by atoms with van der Waals surface area (Å²) >= 11 is 0. The van der Waals surface area contributed by atoms with Crippen molar-refractivity contribution in [1.82, 2.24) is 0 Å². The normalized spacial score (nSPS) is 14.5. The molecule has 0 aromatic heterocycles. The standard InChI is InChI=1S/C27H26N2/c1-19(29-21(3)25-17-9-13-23-11-5-7-15-27(23)25)18-28-20(2)24-16-8-12-22-10-4-6-14-26(22)24/h4-18,20-21H,1-3H3. The highest BCUT2D eigenvalue weighted by Gasteiger charge is 2.09. The summed E-state index contributed by atoms with van der Waals surface area (Å²) in [5.41, 5.74) is 3.43. The minimum absolute atomic E-state index is 0.0825. The molecule has 2 atom stereocenters. The van der Waals surface area contributed by atoms with Crippen LogP contribution in [0.25, 0.3) is 21.5 Å². The van der Waals surface area contributed by atoms with Gasteiger partial charge in [0.05, 0.1) is 17.8 Å². The van der Waals surface area contributed by atoms with E-state index in [1.54, 1.807) is 0 Å². The van der Waals surface area contributed by atoms with Crippen LogP contribution in [0.15, 0.2) is 94.9 Å². The zero-order valence-electron chi connectivity index (χ0n) is 17.2. The van der Waals surface area contributed by atoms with Gasteiger partial charge in [0.1, 0.15) is 0 Å². The van der Waals surface area contributed by atoms with Crippen LogP contribution in [0, 0.1) is 0 Å². The Labute approximate surface area is 172 Å². The fraction of sp³-hybridized carbons (Fsp3) is 0.185. The minimum atomic E-state index is 0.0825. The molecule has 0 spiro atoms. The molecule has 144 valence electrons. The fourth-order valence-corrected chi connectivity index (χ4v) is 3.94. The summed E-state index contributed by atoms with van der Waals surface area (Å²) in [5, 5.41) is 5.03. The first kappa shape index (κ1) is 19.1. The molecule has 0 N–H and O–H groups in total. The molecule has 0 saturated heterocycles. The topological polar surface area (TPSA) is 24.7 Å². The van der Waals surface area contributed by atoms with Gasteiger partial charge in [-0.15, -0.1) is 0 Å². The lowest BCUT2D eigenvalue weighted by Crippen LogP contribution is -2.01. The van der Waals surface area contributed by atoms with Crippen LogP contribution in [0.4, 0.5) is 0 Å². The highest BCUT2D eigenvalue weighted by Crippen LogP contribution is 2.27. The van der Waals surface area contributed by atoms with Crippen molar-refractivity contribution in [3.63, 3.8) is 0 Å². The second kappa shape index (κ2) is 8.40. The Bertz CT molecular complexity index is 1190. The Morgan fingerprint density at radius 2 is 1.14 bits per heavy atom. The predicted molar refractivity (Wildman–Crippen MR) is 126 cm³/mol. The van der Waals surface area contributed by atoms with E-state index in [9.17, 15) is 0 Å². The molecule has 0 heterocycles. The van der Waals surface area contributed by atoms with Gasteiger partial charge in [-0.05, 0) is 53.4 Å². The highest BCUT2D eigenvalue weighted by molar-refractivity contribution is 6.29. The second-order valence-corrected chi connectivity index (χ2v) is 7.54. The zero-order valence-corrected chi connectivity index (χ0v) is 17.2. The number of benzene rings is 4. The highest BCUT2D eigenvalue weighted by atomic mass is 14.8. The summed E-state index contributed by atoms with van der Waals surface area (Å²) < 4.78 is 0. The first-order valence-electron chi connectivity index (χ1n) is 10.2. The van der Waals surface area contributed by atoms with Crippen LogP contribution in [0.5, 0.6) is 0 Å². The maximum Gasteiger partial charge on any atom is 0.0730 e. The second-order valence-electron chi connectivity index (χ2n) is 7.54. The molecule has 0 aliphatic rings. The molecule has 0 saturated carbocycles. The maximum absolute atomic E-state index is 4.89. The van der Waals surface area contributed by atoms with Crippen LogP contribution < -0.4 is 0 Å². The van der Waals surface area contributed by atoms with Crippen LogP contribution in [-0.2, 0) is 0 Å². The van der Waals surface area contributed by atoms with Gasteiger partial charge in [0.25, 0.3) is 0 Å². The van der Waals surface area contributed by atoms with E-state index in [1.807, 2.05) is 13.1 Å². The molecule has 4 aromatic carbocycles. The molecule has 0 bridgehead atoms. The van der Waals surface area contributed by atoms with Gasteiger partial charge in [0.15, 0.2) is 0 Å². The third-order valence-corrected chi connectivity index (χ3v) is 5.43. The third-order valence-electron chi connectivity index (χ3n) is 5.43. The van der Waals surface area contributed by atoms with Gasteiger partial charge in [0, 0.05) is 6.21 Å². The molecule has 0 aliphatic carbocycles. The number of hydrogen-bond acceptors (Lipinski definition) is 2. The zero-order chi connectivity index (χ0) is 20.2. The van der Waals surface area contributed by atoms with Gasteiger partial charge < -0.3 is 0 Å². The summed E-state index contributed by atoms with van der Waals surface area (Å²) in [5.74, 6) is 0. The van der Waals surface area contributed by atoms with Crippen molar-refractivity contribution in [3.8, 4) is 0 Å². The summed E-state index contributed by atoms with van der Waals surface area (Å²) in [6, 6.07) is 30.0. The van der Waals surface area contributed by atoms with E-state index in [0.29, 0.717) is 0 Å². The van der Waals surface area contributed by atoms with Gasteiger partial charge in [-0.1, -0.05) is 84.9 Å². The molecule has 2 heteroatoms. The van der Waals surface area contributed by atoms with Crippen LogP contribution in [0.3, 0.4) is 0 Å². The Morgan fingerprint density at radius 3 is 1.72 bits per heavy atom. The summed E-state index contributed by atoms with van der Waals surface area (Å²) in [6.07, 6.45) is 1.91. The van der Waals surface area contributed by atoms with E-state index in [0.717, 1.165) is 5.71 Å². The molecule has 4 aromatic rings. The van der Waals surface area contributed by atoms with E-state index in [1.165, 1.54) is 32.7 Å². The molecule has 0 fully saturated rings. The Hall–Kier alpha value is -3.26. The molecule has 0 radical (unpaired) electrons. The lowest BCUT2D eigenvalue weighted by Gasteiger charge is -2.12. The van der Waals surface area contributed by atoms with E-state index < -0.39 is 0 Å². The average Bonchev–Trinajstić information content (AvgIpc) is 2.76. The third kappa shape index (κ3) is 4.12. The van der Waals surface area contributed by atoms with Gasteiger partial charge in [-0.3, -0.25) is 9.98 Å². The summed E-state index contributed by atoms with van der Waals surface area (Å²) in [7, 11) is 0. The van der Waals surface area contributed by atoms with E-state index in [2.05, 4.69) is 98.8 Å². The van der Waals surface area contributed by atoms with Crippen molar-refractivity contribution in [2.45, 2.75) is 32.9 Å². The molecule has 2 unspecified atom stereocenters. The summed E-state index contributed by atoms with van der Waals surface area (Å²) in [4.78, 5) is 9.69. The Morgan fingerprint density at radius 1 is 0.655 bits per heavy atom. The van der Waals surface area contributed by atoms with Crippen molar-refractivity contribution in [2.75, 3.05) is 0 Å². The van der Waals surface area contributed by atoms with Crippen molar-refractivity contribution < 1.29 is 0 Å². The maximum atomic E-state index is 4.89. The Kier molecular flexibility index (Phi) is 5.53. The van der Waals surface area contributed by atoms with Crippen LogP contribution >= 0.6 is 0 Å². The Balaban J connectivity index is 1.57. The number of fused-ring (bicyclic) bond motifs is 2. The van der Waals surface area contributed by atoms with Gasteiger partial charge in [-0.2, -0.15) is 0 Å². The van der Waals surface area contributed by atoms with E-state index >= 15 is 0 Å². The van der Waals surface area contributed by atoms with Crippen molar-refractivity contribution >= 4 is 33.5 Å². The van der Waals surface area contributed by atoms with Crippen LogP contribution in [-0.4, -0.2) is 11.9 Å². The molecule has 4 rings (SSSR count). The van der Waals surface area contributed by atoms with E-state index in [4.69, 9.17) is 9.98 Å². The predicted octanol–water partition coefficient (Wildman–Crippen LogP) is 7.35.